The molecule has 3 atom stereocenters. The lowest BCUT2D eigenvalue weighted by molar-refractivity contribution is -0.0548. The second-order valence-corrected chi connectivity index (χ2v) is 6.56. The van der Waals surface area contributed by atoms with Crippen molar-refractivity contribution in [1.29, 1.82) is 0 Å². The summed E-state index contributed by atoms with van der Waals surface area (Å²) < 4.78 is 11.5. The summed E-state index contributed by atoms with van der Waals surface area (Å²) in [6.45, 7) is 6.99. The molecular weight excluding hydrogens is 256 g/mol. The molecule has 0 saturated carbocycles. The molecule has 4 rings (SSSR count). The fourth-order valence-corrected chi connectivity index (χ4v) is 3.58. The smallest absolute Gasteiger partial charge is 0.234 e. The van der Waals surface area contributed by atoms with Crippen LogP contribution in [0.25, 0.3) is 0 Å². The first-order chi connectivity index (χ1) is 9.74. The van der Waals surface area contributed by atoms with E-state index >= 15 is 0 Å². The van der Waals surface area contributed by atoms with Crippen molar-refractivity contribution in [1.82, 2.24) is 20.4 Å². The molecule has 4 heterocycles. The van der Waals surface area contributed by atoms with Crippen molar-refractivity contribution in [2.45, 2.75) is 43.7 Å². The van der Waals surface area contributed by atoms with Crippen molar-refractivity contribution >= 4 is 0 Å². The molecule has 0 bridgehead atoms. The van der Waals surface area contributed by atoms with Crippen molar-refractivity contribution in [3.8, 4) is 0 Å². The van der Waals surface area contributed by atoms with E-state index in [2.05, 4.69) is 27.3 Å². The van der Waals surface area contributed by atoms with E-state index in [0.717, 1.165) is 44.4 Å². The SMILES string of the molecule is CC1(c2nc(C3CN4CCCC4CO3)no2)CCNC1. The number of ether oxygens (including phenoxy) is 1. The van der Waals surface area contributed by atoms with Crippen LogP contribution >= 0.6 is 0 Å². The Bertz CT molecular complexity index is 483. The third kappa shape index (κ3) is 2.06. The molecule has 1 N–H and O–H groups in total. The average molecular weight is 278 g/mol. The van der Waals surface area contributed by atoms with Crippen LogP contribution < -0.4 is 5.32 Å². The third-order valence-corrected chi connectivity index (χ3v) is 5.00. The van der Waals surface area contributed by atoms with Gasteiger partial charge in [-0.2, -0.15) is 4.98 Å². The molecule has 3 fully saturated rings. The fraction of sp³-hybridized carbons (Fsp3) is 0.857. The molecule has 1 aromatic rings. The summed E-state index contributed by atoms with van der Waals surface area (Å²) in [5.41, 5.74) is -0.0178. The number of fused-ring (bicyclic) bond motifs is 1. The lowest BCUT2D eigenvalue weighted by Gasteiger charge is -2.33. The van der Waals surface area contributed by atoms with Crippen molar-refractivity contribution < 1.29 is 9.26 Å². The number of hydrogen-bond donors (Lipinski definition) is 1. The highest BCUT2D eigenvalue weighted by molar-refractivity contribution is 5.09. The number of hydrogen-bond acceptors (Lipinski definition) is 6. The molecule has 3 aliphatic rings. The monoisotopic (exact) mass is 278 g/mol. The zero-order valence-corrected chi connectivity index (χ0v) is 12.0. The van der Waals surface area contributed by atoms with Crippen molar-refractivity contribution in [3.05, 3.63) is 11.7 Å². The molecule has 1 aromatic heterocycles. The van der Waals surface area contributed by atoms with Gasteiger partial charge in [-0.3, -0.25) is 4.90 Å². The lowest BCUT2D eigenvalue weighted by Crippen LogP contribution is -2.42. The zero-order chi connectivity index (χ0) is 13.6. The fourth-order valence-electron chi connectivity index (χ4n) is 3.58. The highest BCUT2D eigenvalue weighted by Crippen LogP contribution is 2.32. The molecule has 0 amide bonds. The van der Waals surface area contributed by atoms with Crippen molar-refractivity contribution in [2.24, 2.45) is 0 Å². The average Bonchev–Trinajstić information content (AvgIpc) is 3.18. The summed E-state index contributed by atoms with van der Waals surface area (Å²) in [4.78, 5) is 7.14. The van der Waals surface area contributed by atoms with Gasteiger partial charge in [-0.1, -0.05) is 5.16 Å². The Balaban J connectivity index is 1.50. The second kappa shape index (κ2) is 4.79. The van der Waals surface area contributed by atoms with Crippen LogP contribution in [-0.4, -0.2) is 53.9 Å². The summed E-state index contributed by atoms with van der Waals surface area (Å²) in [5.74, 6) is 1.48. The van der Waals surface area contributed by atoms with Crippen LogP contribution in [0.5, 0.6) is 0 Å². The predicted octanol–water partition coefficient (Wildman–Crippen LogP) is 0.856. The topological polar surface area (TPSA) is 63.4 Å². The van der Waals surface area contributed by atoms with Crippen LogP contribution in [0.3, 0.4) is 0 Å². The van der Waals surface area contributed by atoms with E-state index in [-0.39, 0.29) is 11.5 Å². The van der Waals surface area contributed by atoms with Gasteiger partial charge in [0.2, 0.25) is 11.7 Å². The van der Waals surface area contributed by atoms with Crippen LogP contribution in [0.1, 0.15) is 44.0 Å². The lowest BCUT2D eigenvalue weighted by atomic mass is 9.90. The molecule has 0 spiro atoms. The number of nitrogens with zero attached hydrogens (tertiary/aromatic N) is 3. The Morgan fingerprint density at radius 3 is 3.25 bits per heavy atom. The standard InChI is InChI=1S/C14H22N4O2/c1-14(4-5-15-9-14)13-16-12(17-20-13)11-7-18-6-2-3-10(18)8-19-11/h10-11,15H,2-9H2,1H3. The van der Waals surface area contributed by atoms with Gasteiger partial charge in [0.1, 0.15) is 6.10 Å². The Kier molecular flexibility index (Phi) is 3.05. The third-order valence-electron chi connectivity index (χ3n) is 5.00. The summed E-state index contributed by atoms with van der Waals surface area (Å²) in [6, 6.07) is 0.606. The van der Waals surface area contributed by atoms with Crippen molar-refractivity contribution in [3.63, 3.8) is 0 Å². The molecule has 6 nitrogen and oxygen atoms in total. The minimum absolute atomic E-state index is 0.0178. The molecule has 0 radical (unpaired) electrons. The van der Waals surface area contributed by atoms with Crippen LogP contribution in [0.4, 0.5) is 0 Å². The normalized spacial score (nSPS) is 38.2. The van der Waals surface area contributed by atoms with E-state index in [1.807, 2.05) is 0 Å². The Morgan fingerprint density at radius 1 is 1.45 bits per heavy atom. The van der Waals surface area contributed by atoms with Crippen LogP contribution in [0, 0.1) is 0 Å². The maximum absolute atomic E-state index is 5.94. The van der Waals surface area contributed by atoms with E-state index in [0.29, 0.717) is 6.04 Å². The second-order valence-electron chi connectivity index (χ2n) is 6.56. The van der Waals surface area contributed by atoms with Gasteiger partial charge in [-0.15, -0.1) is 0 Å². The van der Waals surface area contributed by atoms with Crippen LogP contribution in [0.15, 0.2) is 4.52 Å². The highest BCUT2D eigenvalue weighted by Gasteiger charge is 2.39. The molecule has 3 saturated heterocycles. The first kappa shape index (κ1) is 12.7. The largest absolute Gasteiger partial charge is 0.367 e. The number of nitrogens with one attached hydrogen (secondary N) is 1. The first-order valence-corrected chi connectivity index (χ1v) is 7.65. The van der Waals surface area contributed by atoms with E-state index in [1.165, 1.54) is 19.4 Å². The summed E-state index contributed by atoms with van der Waals surface area (Å²) >= 11 is 0. The Labute approximate surface area is 118 Å². The molecule has 6 heteroatoms. The Morgan fingerprint density at radius 2 is 2.40 bits per heavy atom. The minimum Gasteiger partial charge on any atom is -0.367 e. The van der Waals surface area contributed by atoms with Gasteiger partial charge in [0, 0.05) is 19.1 Å². The summed E-state index contributed by atoms with van der Waals surface area (Å²) in [5, 5.41) is 7.54. The van der Waals surface area contributed by atoms with Gasteiger partial charge in [0.25, 0.3) is 0 Å². The number of rotatable bonds is 2. The molecule has 0 aliphatic carbocycles. The van der Waals surface area contributed by atoms with Crippen LogP contribution in [-0.2, 0) is 10.2 Å². The zero-order valence-electron chi connectivity index (χ0n) is 12.0. The van der Waals surface area contributed by atoms with Crippen LogP contribution in [0.2, 0.25) is 0 Å². The molecular formula is C14H22N4O2. The van der Waals surface area contributed by atoms with E-state index in [9.17, 15) is 0 Å². The number of aromatic nitrogens is 2. The van der Waals surface area contributed by atoms with Gasteiger partial charge >= 0.3 is 0 Å². The quantitative estimate of drug-likeness (QED) is 0.865. The van der Waals surface area contributed by atoms with Gasteiger partial charge in [-0.05, 0) is 39.3 Å². The maximum Gasteiger partial charge on any atom is 0.234 e. The summed E-state index contributed by atoms with van der Waals surface area (Å²) in [7, 11) is 0. The van der Waals surface area contributed by atoms with E-state index < -0.39 is 0 Å². The molecule has 3 aliphatic heterocycles. The van der Waals surface area contributed by atoms with Gasteiger partial charge in [-0.25, -0.2) is 0 Å². The van der Waals surface area contributed by atoms with Gasteiger partial charge in [0.15, 0.2) is 0 Å². The minimum atomic E-state index is -0.0280. The molecule has 3 unspecified atom stereocenters. The van der Waals surface area contributed by atoms with E-state index in [1.54, 1.807) is 0 Å². The highest BCUT2D eigenvalue weighted by atomic mass is 16.5. The van der Waals surface area contributed by atoms with Gasteiger partial charge in [0.05, 0.1) is 12.0 Å². The molecule has 20 heavy (non-hydrogen) atoms. The van der Waals surface area contributed by atoms with Gasteiger partial charge < -0.3 is 14.6 Å². The maximum atomic E-state index is 5.94. The van der Waals surface area contributed by atoms with Crippen molar-refractivity contribution in [2.75, 3.05) is 32.8 Å². The summed E-state index contributed by atoms with van der Waals surface area (Å²) in [6.07, 6.45) is 3.56. The molecule has 0 aromatic carbocycles. The first-order valence-electron chi connectivity index (χ1n) is 7.65. The Hall–Kier alpha value is -0.980. The van der Waals surface area contributed by atoms with E-state index in [4.69, 9.17) is 9.26 Å². The predicted molar refractivity (Wildman–Crippen MR) is 72.4 cm³/mol. The molecule has 110 valence electrons. The number of morpholine rings is 1.